The molecular formula is C16H12N2O4. The lowest BCUT2D eigenvalue weighted by atomic mass is 10.2. The number of hydrogen-bond donors (Lipinski definition) is 1. The van der Waals surface area contributed by atoms with Gasteiger partial charge in [-0.3, -0.25) is 4.79 Å². The van der Waals surface area contributed by atoms with Crippen molar-refractivity contribution in [2.75, 3.05) is 7.11 Å². The molecule has 0 atom stereocenters. The monoisotopic (exact) mass is 296 g/mol. The number of aromatic amines is 1. The molecule has 1 aromatic carbocycles. The summed E-state index contributed by atoms with van der Waals surface area (Å²) in [6.07, 6.45) is 4.49. The summed E-state index contributed by atoms with van der Waals surface area (Å²) in [5, 5.41) is 0. The molecule has 0 fully saturated rings. The van der Waals surface area contributed by atoms with Gasteiger partial charge in [0, 0.05) is 5.56 Å². The lowest BCUT2D eigenvalue weighted by Crippen LogP contribution is -2.11. The Morgan fingerprint density at radius 2 is 2.09 bits per heavy atom. The number of carbonyl (C=O) groups is 1. The smallest absolute Gasteiger partial charge is 0.374 e. The second kappa shape index (κ2) is 5.69. The van der Waals surface area contributed by atoms with Gasteiger partial charge in [-0.05, 0) is 30.4 Å². The summed E-state index contributed by atoms with van der Waals surface area (Å²) in [5.74, 6) is -0.499. The third-order valence-electron chi connectivity index (χ3n) is 3.11. The van der Waals surface area contributed by atoms with E-state index in [2.05, 4.69) is 14.7 Å². The summed E-state index contributed by atoms with van der Waals surface area (Å²) >= 11 is 0. The number of rotatable bonds is 3. The van der Waals surface area contributed by atoms with Crippen molar-refractivity contribution >= 4 is 29.2 Å². The molecule has 0 saturated carbocycles. The minimum atomic E-state index is -0.579. The highest BCUT2D eigenvalue weighted by Gasteiger charge is 2.13. The molecule has 0 unspecified atom stereocenters. The Kier molecular flexibility index (Phi) is 3.57. The van der Waals surface area contributed by atoms with Crippen LogP contribution in [0.1, 0.15) is 21.8 Å². The van der Waals surface area contributed by atoms with Gasteiger partial charge in [0.25, 0.3) is 5.56 Å². The average molecular weight is 296 g/mol. The number of fused-ring (bicyclic) bond motifs is 1. The lowest BCUT2D eigenvalue weighted by molar-refractivity contribution is 0.0565. The second-order valence-corrected chi connectivity index (χ2v) is 4.50. The normalized spacial score (nSPS) is 11.1. The van der Waals surface area contributed by atoms with Gasteiger partial charge >= 0.3 is 5.97 Å². The third-order valence-corrected chi connectivity index (χ3v) is 3.11. The van der Waals surface area contributed by atoms with Gasteiger partial charge in [0.05, 0.1) is 24.4 Å². The molecule has 2 heterocycles. The predicted molar refractivity (Wildman–Crippen MR) is 81.3 cm³/mol. The maximum Gasteiger partial charge on any atom is 0.374 e. The average Bonchev–Trinajstić information content (AvgIpc) is 3.00. The minimum absolute atomic E-state index is 0.0796. The van der Waals surface area contributed by atoms with Crippen LogP contribution in [0.25, 0.3) is 23.2 Å². The van der Waals surface area contributed by atoms with Crippen LogP contribution >= 0.6 is 0 Å². The first kappa shape index (κ1) is 13.8. The number of para-hydroxylation sites is 2. The molecule has 2 aromatic heterocycles. The Morgan fingerprint density at radius 1 is 1.27 bits per heavy atom. The fourth-order valence-corrected chi connectivity index (χ4v) is 2.03. The largest absolute Gasteiger partial charge is 0.463 e. The van der Waals surface area contributed by atoms with E-state index in [0.717, 1.165) is 0 Å². The number of furan rings is 1. The van der Waals surface area contributed by atoms with E-state index in [4.69, 9.17) is 4.42 Å². The number of H-pyrrole nitrogens is 1. The van der Waals surface area contributed by atoms with Gasteiger partial charge in [-0.15, -0.1) is 0 Å². The van der Waals surface area contributed by atoms with Gasteiger partial charge in [-0.1, -0.05) is 12.1 Å². The van der Waals surface area contributed by atoms with Crippen LogP contribution in [0.5, 0.6) is 0 Å². The Morgan fingerprint density at radius 3 is 2.91 bits per heavy atom. The molecule has 6 heteroatoms. The van der Waals surface area contributed by atoms with Crippen molar-refractivity contribution in [2.24, 2.45) is 0 Å². The summed E-state index contributed by atoms with van der Waals surface area (Å²) in [6.45, 7) is 0. The van der Waals surface area contributed by atoms with Crippen LogP contribution in [0.3, 0.4) is 0 Å². The molecule has 6 nitrogen and oxygen atoms in total. The molecule has 0 aliphatic heterocycles. The van der Waals surface area contributed by atoms with Crippen LogP contribution in [-0.4, -0.2) is 23.0 Å². The molecular weight excluding hydrogens is 284 g/mol. The van der Waals surface area contributed by atoms with Crippen molar-refractivity contribution in [3.8, 4) is 0 Å². The number of esters is 1. The molecule has 110 valence electrons. The standard InChI is InChI=1S/C16H12N2O4/c1-21-16(20)14-10(8-9-22-14)6-7-13-15(19)18-12-5-3-2-4-11(12)17-13/h2-9H,1H3,(H,18,19)/b7-6+. The van der Waals surface area contributed by atoms with E-state index in [0.29, 0.717) is 16.6 Å². The number of ether oxygens (including phenoxy) is 1. The Bertz CT molecular complexity index is 921. The summed E-state index contributed by atoms with van der Waals surface area (Å²) in [7, 11) is 1.27. The Hall–Kier alpha value is -3.15. The highest BCUT2D eigenvalue weighted by Crippen LogP contribution is 2.15. The first-order valence-electron chi connectivity index (χ1n) is 6.52. The van der Waals surface area contributed by atoms with E-state index in [-0.39, 0.29) is 17.0 Å². The summed E-state index contributed by atoms with van der Waals surface area (Å²) < 4.78 is 9.69. The number of aromatic nitrogens is 2. The molecule has 3 aromatic rings. The maximum atomic E-state index is 12.0. The van der Waals surface area contributed by atoms with E-state index in [9.17, 15) is 9.59 Å². The molecule has 0 aliphatic carbocycles. The highest BCUT2D eigenvalue weighted by atomic mass is 16.5. The zero-order chi connectivity index (χ0) is 15.5. The van der Waals surface area contributed by atoms with Crippen molar-refractivity contribution < 1.29 is 13.9 Å². The molecule has 0 aliphatic rings. The van der Waals surface area contributed by atoms with E-state index in [1.165, 1.54) is 19.4 Å². The lowest BCUT2D eigenvalue weighted by Gasteiger charge is -1.98. The maximum absolute atomic E-state index is 12.0. The molecule has 0 bridgehead atoms. The van der Waals surface area contributed by atoms with E-state index < -0.39 is 5.97 Å². The van der Waals surface area contributed by atoms with Crippen LogP contribution in [0.15, 0.2) is 45.8 Å². The number of nitrogens with zero attached hydrogens (tertiary/aromatic N) is 1. The van der Waals surface area contributed by atoms with Gasteiger partial charge in [0.1, 0.15) is 5.69 Å². The number of hydrogen-bond acceptors (Lipinski definition) is 5. The van der Waals surface area contributed by atoms with Gasteiger partial charge in [-0.25, -0.2) is 9.78 Å². The fourth-order valence-electron chi connectivity index (χ4n) is 2.03. The molecule has 0 spiro atoms. The van der Waals surface area contributed by atoms with E-state index >= 15 is 0 Å². The molecule has 1 N–H and O–H groups in total. The van der Waals surface area contributed by atoms with Crippen molar-refractivity contribution in [2.45, 2.75) is 0 Å². The van der Waals surface area contributed by atoms with Gasteiger partial charge < -0.3 is 14.1 Å². The zero-order valence-corrected chi connectivity index (χ0v) is 11.7. The summed E-state index contributed by atoms with van der Waals surface area (Å²) in [4.78, 5) is 30.5. The number of carbonyl (C=O) groups excluding carboxylic acids is 1. The van der Waals surface area contributed by atoms with Crippen LogP contribution in [0.2, 0.25) is 0 Å². The SMILES string of the molecule is COC(=O)c1occc1/C=C/c1nc2ccccc2[nH]c1=O. The van der Waals surface area contributed by atoms with E-state index in [1.807, 2.05) is 12.1 Å². The number of methoxy groups -OCH3 is 1. The van der Waals surface area contributed by atoms with Crippen LogP contribution in [0.4, 0.5) is 0 Å². The first-order valence-corrected chi connectivity index (χ1v) is 6.52. The topological polar surface area (TPSA) is 85.2 Å². The number of benzene rings is 1. The Labute approximate surface area is 125 Å². The molecule has 3 rings (SSSR count). The number of nitrogens with one attached hydrogen (secondary N) is 1. The summed E-state index contributed by atoms with van der Waals surface area (Å²) in [5.41, 5.74) is 1.81. The van der Waals surface area contributed by atoms with Crippen molar-refractivity contribution in [3.63, 3.8) is 0 Å². The minimum Gasteiger partial charge on any atom is -0.463 e. The van der Waals surface area contributed by atoms with Crippen LogP contribution in [0, 0.1) is 0 Å². The second-order valence-electron chi connectivity index (χ2n) is 4.50. The molecule has 0 radical (unpaired) electrons. The van der Waals surface area contributed by atoms with Crippen molar-refractivity contribution in [1.29, 1.82) is 0 Å². The van der Waals surface area contributed by atoms with Gasteiger partial charge in [0.2, 0.25) is 5.76 Å². The fraction of sp³-hybridized carbons (Fsp3) is 0.0625. The quantitative estimate of drug-likeness (QED) is 0.750. The highest BCUT2D eigenvalue weighted by molar-refractivity contribution is 5.91. The van der Waals surface area contributed by atoms with Crippen molar-refractivity contribution in [1.82, 2.24) is 9.97 Å². The zero-order valence-electron chi connectivity index (χ0n) is 11.7. The molecule has 0 amide bonds. The first-order chi connectivity index (χ1) is 10.7. The molecule has 0 saturated heterocycles. The van der Waals surface area contributed by atoms with Crippen molar-refractivity contribution in [3.05, 3.63) is 64.0 Å². The van der Waals surface area contributed by atoms with Crippen LogP contribution in [-0.2, 0) is 4.74 Å². The molecule has 22 heavy (non-hydrogen) atoms. The Balaban J connectivity index is 2.00. The van der Waals surface area contributed by atoms with Crippen LogP contribution < -0.4 is 5.56 Å². The summed E-state index contributed by atoms with van der Waals surface area (Å²) in [6, 6.07) is 8.86. The third kappa shape index (κ3) is 2.54. The van der Waals surface area contributed by atoms with Gasteiger partial charge in [-0.2, -0.15) is 0 Å². The van der Waals surface area contributed by atoms with E-state index in [1.54, 1.807) is 24.3 Å². The predicted octanol–water partition coefficient (Wildman–Crippen LogP) is 2.47. The van der Waals surface area contributed by atoms with Gasteiger partial charge in [0.15, 0.2) is 0 Å².